The molecule has 1 aromatic rings. The van der Waals surface area contributed by atoms with Crippen molar-refractivity contribution in [2.24, 2.45) is 17.8 Å². The molecule has 0 spiro atoms. The number of carbonyl (C=O) groups is 3. The average Bonchev–Trinajstić information content (AvgIpc) is 3.07. The highest BCUT2D eigenvalue weighted by Gasteiger charge is 2.34. The number of aliphatic hydroxyl groups excluding tert-OH is 2. The van der Waals surface area contributed by atoms with E-state index in [0.717, 1.165) is 44.2 Å². The van der Waals surface area contributed by atoms with Crippen LogP contribution in [0.2, 0.25) is 0 Å². The molecule has 0 bridgehead atoms. The van der Waals surface area contributed by atoms with Crippen molar-refractivity contribution in [1.29, 1.82) is 0 Å². The summed E-state index contributed by atoms with van der Waals surface area (Å²) >= 11 is 0. The molecule has 3 unspecified atom stereocenters. The maximum absolute atomic E-state index is 13.9. The van der Waals surface area contributed by atoms with Gasteiger partial charge in [-0.05, 0) is 50.1 Å². The molecule has 2 aliphatic rings. The third kappa shape index (κ3) is 13.1. The van der Waals surface area contributed by atoms with E-state index in [-0.39, 0.29) is 30.7 Å². The zero-order valence-electron chi connectivity index (χ0n) is 29.6. The molecular formula is C38H60N4O6. The minimum atomic E-state index is -1.15. The van der Waals surface area contributed by atoms with E-state index in [9.17, 15) is 24.6 Å². The number of nitrogens with zero attached hydrogens (tertiary/aromatic N) is 2. The number of terminal acetylenes is 1. The van der Waals surface area contributed by atoms with Gasteiger partial charge in [0, 0.05) is 39.0 Å². The lowest BCUT2D eigenvalue weighted by atomic mass is 9.82. The maximum Gasteiger partial charge on any atom is 0.243 e. The molecule has 0 radical (unpaired) electrons. The van der Waals surface area contributed by atoms with Gasteiger partial charge in [-0.3, -0.25) is 19.3 Å². The summed E-state index contributed by atoms with van der Waals surface area (Å²) in [5.74, 6) is 1.19. The summed E-state index contributed by atoms with van der Waals surface area (Å²) in [7, 11) is 3.81. The first-order valence-corrected chi connectivity index (χ1v) is 17.9. The van der Waals surface area contributed by atoms with E-state index in [2.05, 4.69) is 28.5 Å². The van der Waals surface area contributed by atoms with E-state index in [1.807, 2.05) is 44.2 Å². The Hall–Kier alpha value is -2.97. The average molecular weight is 669 g/mol. The number of hydrogen-bond acceptors (Lipinski definition) is 7. The minimum absolute atomic E-state index is 0.0248. The van der Waals surface area contributed by atoms with E-state index in [1.165, 1.54) is 6.42 Å². The van der Waals surface area contributed by atoms with Crippen molar-refractivity contribution in [1.82, 2.24) is 20.4 Å². The predicted octanol–water partition coefficient (Wildman–Crippen LogP) is 3.15. The number of morpholine rings is 1. The highest BCUT2D eigenvalue weighted by Crippen LogP contribution is 2.29. The van der Waals surface area contributed by atoms with Crippen LogP contribution in [-0.2, 0) is 25.5 Å². The van der Waals surface area contributed by atoms with Crippen LogP contribution >= 0.6 is 0 Å². The molecular weight excluding hydrogens is 608 g/mol. The van der Waals surface area contributed by atoms with Crippen molar-refractivity contribution >= 4 is 17.7 Å². The zero-order valence-corrected chi connectivity index (χ0v) is 29.6. The van der Waals surface area contributed by atoms with E-state index in [0.29, 0.717) is 44.9 Å². The molecule has 1 saturated carbocycles. The summed E-state index contributed by atoms with van der Waals surface area (Å²) < 4.78 is 5.61. The first kappa shape index (κ1) is 39.5. The van der Waals surface area contributed by atoms with Gasteiger partial charge in [-0.2, -0.15) is 0 Å². The molecule has 4 N–H and O–H groups in total. The first-order valence-electron chi connectivity index (χ1n) is 17.9. The van der Waals surface area contributed by atoms with E-state index in [4.69, 9.17) is 11.2 Å². The lowest BCUT2D eigenvalue weighted by molar-refractivity contribution is -0.137. The number of ether oxygens (including phenoxy) is 1. The number of benzene rings is 1. The standard InChI is InChI=1S/C38H60N4O6/c1-6-13-32(38(47)40-33(24-29-16-11-8-12-17-29)36(45)34(43)22-27(2)3)39-37(46)30(23-28-14-9-7-10-15-28)25-35(44)42(5)19-18-31-26-48-21-20-41(31)4/h1,7,9-10,14-15,27,29-34,36,43,45H,8,11-13,16-26H2,2-5H3,(H,39,46)(H,40,47)/t30?,31?,32-,33-,34-,36?/m0/s1. The number of amides is 3. The molecule has 0 aromatic heterocycles. The fourth-order valence-corrected chi connectivity index (χ4v) is 6.89. The van der Waals surface area contributed by atoms with E-state index < -0.39 is 42.0 Å². The minimum Gasteiger partial charge on any atom is -0.390 e. The van der Waals surface area contributed by atoms with Gasteiger partial charge >= 0.3 is 0 Å². The Morgan fingerprint density at radius 3 is 2.44 bits per heavy atom. The number of nitrogens with one attached hydrogen (secondary N) is 2. The fraction of sp³-hybridized carbons (Fsp3) is 0.711. The Morgan fingerprint density at radius 1 is 1.08 bits per heavy atom. The summed E-state index contributed by atoms with van der Waals surface area (Å²) in [5.41, 5.74) is 0.904. The van der Waals surface area contributed by atoms with Crippen molar-refractivity contribution in [2.75, 3.05) is 40.4 Å². The van der Waals surface area contributed by atoms with E-state index >= 15 is 0 Å². The smallest absolute Gasteiger partial charge is 0.243 e. The summed E-state index contributed by atoms with van der Waals surface area (Å²) in [6.45, 7) is 6.67. The maximum atomic E-state index is 13.9. The van der Waals surface area contributed by atoms with Crippen LogP contribution in [-0.4, -0.2) is 108 Å². The van der Waals surface area contributed by atoms with Crippen LogP contribution in [0.25, 0.3) is 0 Å². The van der Waals surface area contributed by atoms with Crippen LogP contribution in [0.4, 0.5) is 0 Å². The molecule has 268 valence electrons. The first-order chi connectivity index (χ1) is 23.0. The Labute approximate surface area is 288 Å². The number of rotatable bonds is 18. The Bertz CT molecular complexity index is 1170. The van der Waals surface area contributed by atoms with Crippen molar-refractivity contribution in [3.63, 3.8) is 0 Å². The SMILES string of the molecule is C#CC[C@H](NC(=O)C(CC(=O)N(C)CCC1COCCN1C)Cc1ccccc1)C(=O)N[C@@H](CC1CCCCC1)C(O)[C@@H](O)CC(C)C. The van der Waals surface area contributed by atoms with Gasteiger partial charge in [0.2, 0.25) is 17.7 Å². The molecule has 1 aliphatic heterocycles. The third-order valence-corrected chi connectivity index (χ3v) is 9.98. The highest BCUT2D eigenvalue weighted by atomic mass is 16.5. The Morgan fingerprint density at radius 2 is 1.79 bits per heavy atom. The predicted molar refractivity (Wildman–Crippen MR) is 188 cm³/mol. The number of likely N-dealkylation sites (N-methyl/N-ethyl adjacent to an activating group) is 1. The Kier molecular flexibility index (Phi) is 16.9. The molecule has 48 heavy (non-hydrogen) atoms. The van der Waals surface area contributed by atoms with Gasteiger partial charge in [0.15, 0.2) is 0 Å². The van der Waals surface area contributed by atoms with Gasteiger partial charge < -0.3 is 30.5 Å². The normalized spacial score (nSPS) is 20.6. The molecule has 1 aromatic carbocycles. The highest BCUT2D eigenvalue weighted by molar-refractivity contribution is 5.91. The molecule has 3 rings (SSSR count). The number of hydrogen-bond donors (Lipinski definition) is 4. The summed E-state index contributed by atoms with van der Waals surface area (Å²) in [6.07, 6.45) is 10.9. The van der Waals surface area contributed by atoms with Crippen molar-refractivity contribution < 1.29 is 29.3 Å². The molecule has 2 fully saturated rings. The van der Waals surface area contributed by atoms with Crippen LogP contribution < -0.4 is 10.6 Å². The van der Waals surface area contributed by atoms with Crippen LogP contribution in [0.5, 0.6) is 0 Å². The Balaban J connectivity index is 1.72. The van der Waals surface area contributed by atoms with Crippen LogP contribution in [0.1, 0.15) is 83.6 Å². The second-order valence-corrected chi connectivity index (χ2v) is 14.4. The van der Waals surface area contributed by atoms with Gasteiger partial charge in [0.05, 0.1) is 31.3 Å². The lowest BCUT2D eigenvalue weighted by Gasteiger charge is -2.34. The van der Waals surface area contributed by atoms with Crippen LogP contribution in [0.15, 0.2) is 30.3 Å². The van der Waals surface area contributed by atoms with Gasteiger partial charge in [-0.25, -0.2) is 0 Å². The van der Waals surface area contributed by atoms with Crippen molar-refractivity contribution in [3.05, 3.63) is 35.9 Å². The van der Waals surface area contributed by atoms with Gasteiger partial charge in [-0.1, -0.05) is 76.3 Å². The summed E-state index contributed by atoms with van der Waals surface area (Å²) in [5, 5.41) is 27.8. The lowest BCUT2D eigenvalue weighted by Crippen LogP contribution is -2.56. The fourth-order valence-electron chi connectivity index (χ4n) is 6.89. The largest absolute Gasteiger partial charge is 0.390 e. The van der Waals surface area contributed by atoms with Crippen molar-refractivity contribution in [2.45, 2.75) is 115 Å². The second kappa shape index (κ2) is 20.5. The molecule has 1 heterocycles. The summed E-state index contributed by atoms with van der Waals surface area (Å²) in [6, 6.07) is 7.99. The van der Waals surface area contributed by atoms with E-state index in [1.54, 1.807) is 11.9 Å². The zero-order chi connectivity index (χ0) is 35.1. The molecule has 10 nitrogen and oxygen atoms in total. The molecule has 1 saturated heterocycles. The molecule has 3 amide bonds. The number of carbonyl (C=O) groups excluding carboxylic acids is 3. The topological polar surface area (TPSA) is 131 Å². The van der Waals surface area contributed by atoms with Crippen molar-refractivity contribution in [3.8, 4) is 12.3 Å². The molecule has 1 aliphatic carbocycles. The van der Waals surface area contributed by atoms with Gasteiger partial charge in [0.1, 0.15) is 12.1 Å². The van der Waals surface area contributed by atoms with Crippen LogP contribution in [0, 0.1) is 30.1 Å². The third-order valence-electron chi connectivity index (χ3n) is 9.98. The monoisotopic (exact) mass is 668 g/mol. The van der Waals surface area contributed by atoms with Gasteiger partial charge in [-0.15, -0.1) is 12.3 Å². The van der Waals surface area contributed by atoms with Gasteiger partial charge in [0.25, 0.3) is 0 Å². The molecule has 6 atom stereocenters. The quantitative estimate of drug-likeness (QED) is 0.177. The number of aliphatic hydroxyl groups is 2. The van der Waals surface area contributed by atoms with Crippen LogP contribution in [0.3, 0.4) is 0 Å². The summed E-state index contributed by atoms with van der Waals surface area (Å²) in [4.78, 5) is 45.0. The second-order valence-electron chi connectivity index (χ2n) is 14.4. The molecule has 10 heteroatoms.